The third-order valence-electron chi connectivity index (χ3n) is 4.08. The molecule has 1 aliphatic carbocycles. The molecule has 0 saturated heterocycles. The van der Waals surface area contributed by atoms with Crippen molar-refractivity contribution in [3.8, 4) is 11.5 Å². The predicted molar refractivity (Wildman–Crippen MR) is 69.8 cm³/mol. The fourth-order valence-corrected chi connectivity index (χ4v) is 2.88. The van der Waals surface area contributed by atoms with Crippen molar-refractivity contribution in [3.63, 3.8) is 0 Å². The summed E-state index contributed by atoms with van der Waals surface area (Å²) < 4.78 is 10.9. The maximum Gasteiger partial charge on any atom is 0.304 e. The van der Waals surface area contributed by atoms with Gasteiger partial charge < -0.3 is 14.6 Å². The molecule has 0 unspecified atom stereocenters. The molecule has 1 aromatic rings. The topological polar surface area (TPSA) is 55.8 Å². The first-order valence-corrected chi connectivity index (χ1v) is 6.68. The van der Waals surface area contributed by atoms with E-state index in [9.17, 15) is 4.79 Å². The number of carbonyl (C=O) groups is 1. The number of carboxylic acid groups (broad SMARTS) is 1. The monoisotopic (exact) mass is 262 g/mol. The minimum absolute atomic E-state index is 0.188. The molecule has 4 heteroatoms. The first-order chi connectivity index (χ1) is 9.02. The second kappa shape index (κ2) is 4.15. The second-order valence-electron chi connectivity index (χ2n) is 5.80. The van der Waals surface area contributed by atoms with Gasteiger partial charge in [0.05, 0.1) is 6.42 Å². The Balaban J connectivity index is 2.07. The summed E-state index contributed by atoms with van der Waals surface area (Å²) in [6, 6.07) is 4.01. The maximum atomic E-state index is 11.1. The van der Waals surface area contributed by atoms with Crippen LogP contribution in [-0.4, -0.2) is 17.9 Å². The molecule has 0 aromatic heterocycles. The van der Waals surface area contributed by atoms with Gasteiger partial charge in [0.15, 0.2) is 11.5 Å². The Kier molecular flexibility index (Phi) is 2.69. The van der Waals surface area contributed by atoms with Gasteiger partial charge in [-0.2, -0.15) is 0 Å². The van der Waals surface area contributed by atoms with Crippen LogP contribution in [-0.2, 0) is 10.2 Å². The van der Waals surface area contributed by atoms with E-state index in [0.717, 1.165) is 29.9 Å². The molecule has 1 aliphatic heterocycles. The van der Waals surface area contributed by atoms with Gasteiger partial charge in [-0.3, -0.25) is 4.79 Å². The fourth-order valence-electron chi connectivity index (χ4n) is 2.88. The summed E-state index contributed by atoms with van der Waals surface area (Å²) in [4.78, 5) is 11.1. The first kappa shape index (κ1) is 12.3. The van der Waals surface area contributed by atoms with E-state index in [0.29, 0.717) is 5.92 Å². The van der Waals surface area contributed by atoms with Gasteiger partial charge in [-0.05, 0) is 42.0 Å². The molecule has 1 N–H and O–H groups in total. The molecular weight excluding hydrogens is 244 g/mol. The highest BCUT2D eigenvalue weighted by Crippen LogP contribution is 2.55. The normalized spacial score (nSPS) is 18.7. The smallest absolute Gasteiger partial charge is 0.304 e. The standard InChI is InChI=1S/C15H18O4/c1-9(2)10-5-12-13(19-8-18-12)6-11(10)15(3-4-15)7-14(16)17/h5-6,9H,3-4,7-8H2,1-2H3,(H,16,17). The molecule has 1 heterocycles. The summed E-state index contributed by atoms with van der Waals surface area (Å²) >= 11 is 0. The number of benzene rings is 1. The van der Waals surface area contributed by atoms with E-state index in [4.69, 9.17) is 14.6 Å². The Morgan fingerprint density at radius 1 is 1.32 bits per heavy atom. The molecule has 4 nitrogen and oxygen atoms in total. The molecule has 3 rings (SSSR count). The van der Waals surface area contributed by atoms with Gasteiger partial charge >= 0.3 is 5.97 Å². The van der Waals surface area contributed by atoms with Crippen LogP contribution >= 0.6 is 0 Å². The van der Waals surface area contributed by atoms with E-state index in [1.165, 1.54) is 5.56 Å². The minimum Gasteiger partial charge on any atom is -0.481 e. The Morgan fingerprint density at radius 3 is 2.47 bits per heavy atom. The number of fused-ring (bicyclic) bond motifs is 1. The summed E-state index contributed by atoms with van der Waals surface area (Å²) in [6.45, 7) is 4.50. The number of ether oxygens (including phenoxy) is 2. The van der Waals surface area contributed by atoms with Crippen molar-refractivity contribution in [2.75, 3.05) is 6.79 Å². The lowest BCUT2D eigenvalue weighted by atomic mass is 9.84. The van der Waals surface area contributed by atoms with E-state index < -0.39 is 5.97 Å². The van der Waals surface area contributed by atoms with Crippen LogP contribution < -0.4 is 9.47 Å². The molecule has 102 valence electrons. The average molecular weight is 262 g/mol. The van der Waals surface area contributed by atoms with Crippen LogP contribution in [0.1, 0.15) is 50.2 Å². The number of carboxylic acids is 1. The quantitative estimate of drug-likeness (QED) is 0.906. The summed E-state index contributed by atoms with van der Waals surface area (Å²) in [6.07, 6.45) is 2.09. The highest BCUT2D eigenvalue weighted by molar-refractivity contribution is 5.71. The van der Waals surface area contributed by atoms with Gasteiger partial charge in [0.25, 0.3) is 0 Å². The molecule has 0 bridgehead atoms. The van der Waals surface area contributed by atoms with Crippen molar-refractivity contribution in [2.45, 2.75) is 44.4 Å². The minimum atomic E-state index is -0.732. The number of aliphatic carboxylic acids is 1. The predicted octanol–water partition coefficient (Wildman–Crippen LogP) is 3.05. The molecule has 2 aliphatic rings. The van der Waals surface area contributed by atoms with Gasteiger partial charge in [-0.15, -0.1) is 0 Å². The van der Waals surface area contributed by atoms with Gasteiger partial charge in [-0.25, -0.2) is 0 Å². The van der Waals surface area contributed by atoms with Crippen LogP contribution in [0.3, 0.4) is 0 Å². The first-order valence-electron chi connectivity index (χ1n) is 6.68. The largest absolute Gasteiger partial charge is 0.481 e. The summed E-state index contributed by atoms with van der Waals surface area (Å²) in [5.41, 5.74) is 2.13. The molecule has 0 amide bonds. The molecule has 0 spiro atoms. The number of rotatable bonds is 4. The lowest BCUT2D eigenvalue weighted by molar-refractivity contribution is -0.137. The third kappa shape index (κ3) is 2.05. The zero-order valence-electron chi connectivity index (χ0n) is 11.2. The van der Waals surface area contributed by atoms with Crippen LogP contribution in [0.4, 0.5) is 0 Å². The van der Waals surface area contributed by atoms with Crippen LogP contribution in [0.5, 0.6) is 11.5 Å². The Labute approximate surface area is 112 Å². The average Bonchev–Trinajstić information content (AvgIpc) is 2.96. The molecule has 19 heavy (non-hydrogen) atoms. The zero-order valence-corrected chi connectivity index (χ0v) is 11.2. The van der Waals surface area contributed by atoms with Crippen LogP contribution in [0.15, 0.2) is 12.1 Å². The number of hydrogen-bond donors (Lipinski definition) is 1. The van der Waals surface area contributed by atoms with Crippen molar-refractivity contribution in [1.29, 1.82) is 0 Å². The van der Waals surface area contributed by atoms with E-state index >= 15 is 0 Å². The van der Waals surface area contributed by atoms with Crippen LogP contribution in [0.2, 0.25) is 0 Å². The summed E-state index contributed by atoms with van der Waals surface area (Å²) in [7, 11) is 0. The highest BCUT2D eigenvalue weighted by Gasteiger charge is 2.48. The van der Waals surface area contributed by atoms with Crippen molar-refractivity contribution in [3.05, 3.63) is 23.3 Å². The second-order valence-corrected chi connectivity index (χ2v) is 5.80. The van der Waals surface area contributed by atoms with Crippen molar-refractivity contribution in [1.82, 2.24) is 0 Å². The van der Waals surface area contributed by atoms with Crippen molar-refractivity contribution < 1.29 is 19.4 Å². The Morgan fingerprint density at radius 2 is 1.95 bits per heavy atom. The Bertz CT molecular complexity index is 529. The van der Waals surface area contributed by atoms with Gasteiger partial charge in [0.2, 0.25) is 6.79 Å². The lowest BCUT2D eigenvalue weighted by Crippen LogP contribution is -2.15. The van der Waals surface area contributed by atoms with E-state index in [-0.39, 0.29) is 18.6 Å². The molecule has 1 saturated carbocycles. The van der Waals surface area contributed by atoms with Gasteiger partial charge in [0, 0.05) is 5.41 Å². The fraction of sp³-hybridized carbons (Fsp3) is 0.533. The molecular formula is C15H18O4. The summed E-state index contributed by atoms with van der Waals surface area (Å²) in [5.74, 6) is 1.13. The van der Waals surface area contributed by atoms with E-state index in [1.54, 1.807) is 0 Å². The lowest BCUT2D eigenvalue weighted by Gasteiger charge is -2.21. The molecule has 1 fully saturated rings. The van der Waals surface area contributed by atoms with Gasteiger partial charge in [0.1, 0.15) is 0 Å². The maximum absolute atomic E-state index is 11.1. The summed E-state index contributed by atoms with van der Waals surface area (Å²) in [5, 5.41) is 9.12. The van der Waals surface area contributed by atoms with Crippen LogP contribution in [0, 0.1) is 0 Å². The highest BCUT2D eigenvalue weighted by atomic mass is 16.7. The third-order valence-corrected chi connectivity index (χ3v) is 4.08. The van der Waals surface area contributed by atoms with Crippen molar-refractivity contribution >= 4 is 5.97 Å². The molecule has 1 aromatic carbocycles. The van der Waals surface area contributed by atoms with Crippen molar-refractivity contribution in [2.24, 2.45) is 0 Å². The van der Waals surface area contributed by atoms with E-state index in [1.807, 2.05) is 12.1 Å². The number of hydrogen-bond acceptors (Lipinski definition) is 3. The van der Waals surface area contributed by atoms with Gasteiger partial charge in [-0.1, -0.05) is 13.8 Å². The van der Waals surface area contributed by atoms with Crippen LogP contribution in [0.25, 0.3) is 0 Å². The Hall–Kier alpha value is -1.71. The SMILES string of the molecule is CC(C)c1cc2c(cc1C1(CC(=O)O)CC1)OCO2. The molecule has 0 radical (unpaired) electrons. The van der Waals surface area contributed by atoms with E-state index in [2.05, 4.69) is 13.8 Å². The molecule has 0 atom stereocenters. The zero-order chi connectivity index (χ0) is 13.6.